The van der Waals surface area contributed by atoms with Gasteiger partial charge in [0.2, 0.25) is 0 Å². The minimum absolute atomic E-state index is 0.644. The van der Waals surface area contributed by atoms with Gasteiger partial charge in [0, 0.05) is 38.3 Å². The van der Waals surface area contributed by atoms with Crippen LogP contribution in [-0.4, -0.2) is 44.7 Å². The van der Waals surface area contributed by atoms with E-state index in [0.29, 0.717) is 5.56 Å². The number of piperazine rings is 1. The first-order valence-electron chi connectivity index (χ1n) is 7.72. The summed E-state index contributed by atoms with van der Waals surface area (Å²) in [7, 11) is 1.64. The van der Waals surface area contributed by atoms with Crippen molar-refractivity contribution in [3.63, 3.8) is 0 Å². The number of rotatable bonds is 5. The van der Waals surface area contributed by atoms with E-state index in [4.69, 9.17) is 4.74 Å². The van der Waals surface area contributed by atoms with Crippen molar-refractivity contribution in [2.45, 2.75) is 32.9 Å². The SMILES string of the molecule is COc1c(C(C)(C)F)ccc(C)c1CCN1CCNCC1. The van der Waals surface area contributed by atoms with Crippen LogP contribution in [-0.2, 0) is 12.1 Å². The van der Waals surface area contributed by atoms with E-state index in [1.165, 1.54) is 5.56 Å². The third kappa shape index (κ3) is 3.95. The zero-order valence-electron chi connectivity index (χ0n) is 13.6. The first kappa shape index (κ1) is 16.2. The van der Waals surface area contributed by atoms with E-state index < -0.39 is 5.67 Å². The van der Waals surface area contributed by atoms with Gasteiger partial charge in [0.05, 0.1) is 7.11 Å². The molecule has 0 aliphatic carbocycles. The lowest BCUT2D eigenvalue weighted by atomic mass is 9.92. The van der Waals surface area contributed by atoms with Gasteiger partial charge in [0.15, 0.2) is 0 Å². The Labute approximate surface area is 127 Å². The summed E-state index contributed by atoms with van der Waals surface area (Å²) in [5.74, 6) is 0.720. The fourth-order valence-corrected chi connectivity index (χ4v) is 2.94. The molecular formula is C17H27FN2O. The lowest BCUT2D eigenvalue weighted by Gasteiger charge is -2.28. The Morgan fingerprint density at radius 1 is 1.29 bits per heavy atom. The minimum Gasteiger partial charge on any atom is -0.496 e. The van der Waals surface area contributed by atoms with Crippen molar-refractivity contribution in [2.24, 2.45) is 0 Å². The molecule has 1 aliphatic heterocycles. The number of benzene rings is 1. The summed E-state index contributed by atoms with van der Waals surface area (Å²) >= 11 is 0. The molecule has 1 heterocycles. The second-order valence-corrected chi connectivity index (χ2v) is 6.26. The van der Waals surface area contributed by atoms with E-state index >= 15 is 0 Å². The molecule has 1 aliphatic rings. The standard InChI is InChI=1S/C17H27FN2O/c1-13-5-6-15(17(2,3)18)16(21-4)14(13)7-10-20-11-8-19-9-12-20/h5-6,19H,7-12H2,1-4H3. The Kier molecular flexibility index (Phi) is 5.22. The third-order valence-corrected chi connectivity index (χ3v) is 4.23. The Balaban J connectivity index is 2.20. The van der Waals surface area contributed by atoms with Crippen LogP contribution in [0.4, 0.5) is 4.39 Å². The average molecular weight is 294 g/mol. The van der Waals surface area contributed by atoms with Crippen molar-refractivity contribution < 1.29 is 9.13 Å². The van der Waals surface area contributed by atoms with E-state index in [9.17, 15) is 4.39 Å². The number of ether oxygens (including phenoxy) is 1. The van der Waals surface area contributed by atoms with Crippen molar-refractivity contribution in [3.05, 3.63) is 28.8 Å². The molecule has 1 fully saturated rings. The van der Waals surface area contributed by atoms with Gasteiger partial charge in [-0.2, -0.15) is 0 Å². The number of hydrogen-bond acceptors (Lipinski definition) is 3. The molecule has 0 spiro atoms. The van der Waals surface area contributed by atoms with Crippen molar-refractivity contribution >= 4 is 0 Å². The first-order valence-corrected chi connectivity index (χ1v) is 7.72. The highest BCUT2D eigenvalue weighted by Crippen LogP contribution is 2.37. The molecule has 1 aromatic carbocycles. The summed E-state index contributed by atoms with van der Waals surface area (Å²) in [6, 6.07) is 3.86. The molecule has 0 radical (unpaired) electrons. The van der Waals surface area contributed by atoms with Crippen molar-refractivity contribution in [3.8, 4) is 5.75 Å². The number of halogens is 1. The highest BCUT2D eigenvalue weighted by molar-refractivity contribution is 5.48. The normalized spacial score (nSPS) is 17.0. The predicted octanol–water partition coefficient (Wildman–Crippen LogP) is 2.66. The highest BCUT2D eigenvalue weighted by atomic mass is 19.1. The number of nitrogens with zero attached hydrogens (tertiary/aromatic N) is 1. The molecule has 4 heteroatoms. The van der Waals surface area contributed by atoms with Crippen molar-refractivity contribution in [2.75, 3.05) is 39.8 Å². The number of nitrogens with one attached hydrogen (secondary N) is 1. The number of aryl methyl sites for hydroxylation is 1. The fourth-order valence-electron chi connectivity index (χ4n) is 2.94. The molecule has 118 valence electrons. The zero-order chi connectivity index (χ0) is 15.5. The second-order valence-electron chi connectivity index (χ2n) is 6.26. The molecule has 1 N–H and O–H groups in total. The van der Waals surface area contributed by atoms with E-state index in [0.717, 1.165) is 50.5 Å². The fraction of sp³-hybridized carbons (Fsp3) is 0.647. The molecule has 0 amide bonds. The van der Waals surface area contributed by atoms with Gasteiger partial charge in [0.25, 0.3) is 0 Å². The summed E-state index contributed by atoms with van der Waals surface area (Å²) in [4.78, 5) is 2.45. The Bertz CT molecular complexity index is 476. The van der Waals surface area contributed by atoms with E-state index in [2.05, 4.69) is 17.1 Å². The van der Waals surface area contributed by atoms with Gasteiger partial charge < -0.3 is 15.0 Å². The molecular weight excluding hydrogens is 267 g/mol. The number of alkyl halides is 1. The summed E-state index contributed by atoms with van der Waals surface area (Å²) in [6.07, 6.45) is 0.902. The molecule has 0 unspecified atom stereocenters. The van der Waals surface area contributed by atoms with Crippen LogP contribution in [0.15, 0.2) is 12.1 Å². The molecule has 0 bridgehead atoms. The first-order chi connectivity index (χ1) is 9.93. The molecule has 3 nitrogen and oxygen atoms in total. The third-order valence-electron chi connectivity index (χ3n) is 4.23. The summed E-state index contributed by atoms with van der Waals surface area (Å²) in [5, 5.41) is 3.36. The summed E-state index contributed by atoms with van der Waals surface area (Å²) < 4.78 is 19.9. The lowest BCUT2D eigenvalue weighted by Crippen LogP contribution is -2.44. The van der Waals surface area contributed by atoms with Crippen LogP contribution < -0.4 is 10.1 Å². The van der Waals surface area contributed by atoms with Crippen LogP contribution in [0.3, 0.4) is 0 Å². The molecule has 1 saturated heterocycles. The van der Waals surface area contributed by atoms with Crippen LogP contribution in [0.25, 0.3) is 0 Å². The van der Waals surface area contributed by atoms with E-state index in [-0.39, 0.29) is 0 Å². The van der Waals surface area contributed by atoms with Gasteiger partial charge in [-0.05, 0) is 38.3 Å². The maximum absolute atomic E-state index is 14.4. The van der Waals surface area contributed by atoms with E-state index in [1.807, 2.05) is 12.1 Å². The maximum Gasteiger partial charge on any atom is 0.134 e. The van der Waals surface area contributed by atoms with Crippen molar-refractivity contribution in [1.82, 2.24) is 10.2 Å². The molecule has 1 aromatic rings. The Morgan fingerprint density at radius 2 is 1.95 bits per heavy atom. The summed E-state index contributed by atoms with van der Waals surface area (Å²) in [6.45, 7) is 10.5. The zero-order valence-corrected chi connectivity index (χ0v) is 13.6. The average Bonchev–Trinajstić information content (AvgIpc) is 2.45. The molecule has 0 aromatic heterocycles. The maximum atomic E-state index is 14.4. The minimum atomic E-state index is -1.39. The topological polar surface area (TPSA) is 24.5 Å². The van der Waals surface area contributed by atoms with Crippen LogP contribution in [0, 0.1) is 6.92 Å². The monoisotopic (exact) mass is 294 g/mol. The van der Waals surface area contributed by atoms with Crippen LogP contribution in [0.5, 0.6) is 5.75 Å². The van der Waals surface area contributed by atoms with Gasteiger partial charge in [-0.1, -0.05) is 12.1 Å². The molecule has 0 saturated carbocycles. The van der Waals surface area contributed by atoms with Crippen molar-refractivity contribution in [1.29, 1.82) is 0 Å². The number of hydrogen-bond donors (Lipinski definition) is 1. The van der Waals surface area contributed by atoms with Gasteiger partial charge in [-0.3, -0.25) is 0 Å². The number of methoxy groups -OCH3 is 1. The van der Waals surface area contributed by atoms with E-state index in [1.54, 1.807) is 21.0 Å². The quantitative estimate of drug-likeness (QED) is 0.903. The van der Waals surface area contributed by atoms with Crippen LogP contribution in [0.1, 0.15) is 30.5 Å². The van der Waals surface area contributed by atoms with Gasteiger partial charge >= 0.3 is 0 Å². The van der Waals surface area contributed by atoms with Gasteiger partial charge in [0.1, 0.15) is 11.4 Å². The lowest BCUT2D eigenvalue weighted by molar-refractivity contribution is 0.212. The highest BCUT2D eigenvalue weighted by Gasteiger charge is 2.26. The van der Waals surface area contributed by atoms with Gasteiger partial charge in [-0.15, -0.1) is 0 Å². The van der Waals surface area contributed by atoms with Crippen LogP contribution >= 0.6 is 0 Å². The molecule has 2 rings (SSSR count). The predicted molar refractivity (Wildman–Crippen MR) is 84.9 cm³/mol. The molecule has 21 heavy (non-hydrogen) atoms. The van der Waals surface area contributed by atoms with Crippen LogP contribution in [0.2, 0.25) is 0 Å². The Morgan fingerprint density at radius 3 is 2.52 bits per heavy atom. The smallest absolute Gasteiger partial charge is 0.134 e. The second kappa shape index (κ2) is 6.75. The summed E-state index contributed by atoms with van der Waals surface area (Å²) in [5.41, 5.74) is 1.57. The van der Waals surface area contributed by atoms with Gasteiger partial charge in [-0.25, -0.2) is 4.39 Å². The molecule has 0 atom stereocenters. The Hall–Kier alpha value is -1.13. The largest absolute Gasteiger partial charge is 0.496 e.